The monoisotopic (exact) mass is 220 g/mol. The molecule has 92 valence electrons. The Kier molecular flexibility index (Phi) is 13.6. The van der Waals surface area contributed by atoms with Crippen molar-refractivity contribution in [2.75, 3.05) is 39.6 Å². The molecule has 15 heavy (non-hydrogen) atoms. The minimum Gasteiger partial charge on any atom is -0.379 e. The third-order valence-electron chi connectivity index (χ3n) is 1.92. The van der Waals surface area contributed by atoms with Gasteiger partial charge in [-0.1, -0.05) is 0 Å². The SMILES string of the molecule is NCCCOCCOCCCCCON. The van der Waals surface area contributed by atoms with E-state index in [1.54, 1.807) is 0 Å². The molecular formula is C10H24N2O3. The average Bonchev–Trinajstić information content (AvgIpc) is 2.26. The number of hydrogen-bond acceptors (Lipinski definition) is 5. The van der Waals surface area contributed by atoms with Crippen LogP contribution in [0.4, 0.5) is 0 Å². The van der Waals surface area contributed by atoms with Crippen molar-refractivity contribution in [3.8, 4) is 0 Å². The molecule has 5 heteroatoms. The minimum atomic E-state index is 0.627. The lowest BCUT2D eigenvalue weighted by molar-refractivity contribution is 0.0451. The van der Waals surface area contributed by atoms with E-state index >= 15 is 0 Å². The summed E-state index contributed by atoms with van der Waals surface area (Å²) in [6.07, 6.45) is 4.04. The van der Waals surface area contributed by atoms with Crippen molar-refractivity contribution in [2.45, 2.75) is 25.7 Å². The van der Waals surface area contributed by atoms with E-state index in [0.717, 1.165) is 38.9 Å². The summed E-state index contributed by atoms with van der Waals surface area (Å²) >= 11 is 0. The fourth-order valence-electron chi connectivity index (χ4n) is 1.07. The molecule has 0 saturated heterocycles. The first-order valence-electron chi connectivity index (χ1n) is 5.59. The zero-order chi connectivity index (χ0) is 11.2. The van der Waals surface area contributed by atoms with Gasteiger partial charge in [0.15, 0.2) is 0 Å². The number of unbranched alkanes of at least 4 members (excludes halogenated alkanes) is 2. The summed E-state index contributed by atoms with van der Waals surface area (Å²) in [4.78, 5) is 4.45. The number of hydrogen-bond donors (Lipinski definition) is 2. The molecule has 5 nitrogen and oxygen atoms in total. The van der Waals surface area contributed by atoms with Crippen LogP contribution in [0.25, 0.3) is 0 Å². The third-order valence-corrected chi connectivity index (χ3v) is 1.92. The van der Waals surface area contributed by atoms with Crippen LogP contribution in [0.5, 0.6) is 0 Å². The van der Waals surface area contributed by atoms with Gasteiger partial charge in [-0.25, -0.2) is 5.90 Å². The summed E-state index contributed by atoms with van der Waals surface area (Å²) in [5.74, 6) is 4.89. The summed E-state index contributed by atoms with van der Waals surface area (Å²) in [5.41, 5.74) is 5.32. The third kappa shape index (κ3) is 13.8. The van der Waals surface area contributed by atoms with E-state index in [2.05, 4.69) is 4.84 Å². The van der Waals surface area contributed by atoms with Crippen LogP contribution in [-0.2, 0) is 14.3 Å². The van der Waals surface area contributed by atoms with Crippen molar-refractivity contribution in [3.63, 3.8) is 0 Å². The Labute approximate surface area is 92.0 Å². The molecule has 0 aromatic rings. The summed E-state index contributed by atoms with van der Waals surface area (Å²) < 4.78 is 10.6. The van der Waals surface area contributed by atoms with Gasteiger partial charge in [-0.3, -0.25) is 0 Å². The molecule has 0 bridgehead atoms. The van der Waals surface area contributed by atoms with E-state index < -0.39 is 0 Å². The lowest BCUT2D eigenvalue weighted by Gasteiger charge is -2.05. The molecule has 0 fully saturated rings. The minimum absolute atomic E-state index is 0.627. The van der Waals surface area contributed by atoms with Crippen molar-refractivity contribution >= 4 is 0 Å². The Balaban J connectivity index is 2.81. The van der Waals surface area contributed by atoms with Gasteiger partial charge in [0.25, 0.3) is 0 Å². The predicted molar refractivity (Wildman–Crippen MR) is 59.3 cm³/mol. The van der Waals surface area contributed by atoms with E-state index in [4.69, 9.17) is 21.1 Å². The van der Waals surface area contributed by atoms with Crippen LogP contribution in [0.1, 0.15) is 25.7 Å². The second-order valence-electron chi connectivity index (χ2n) is 3.30. The highest BCUT2D eigenvalue weighted by Gasteiger charge is 1.91. The van der Waals surface area contributed by atoms with Gasteiger partial charge in [0.1, 0.15) is 0 Å². The molecule has 0 rings (SSSR count). The maximum atomic E-state index is 5.37. The molecule has 0 aliphatic carbocycles. The van der Waals surface area contributed by atoms with Crippen LogP contribution in [0, 0.1) is 0 Å². The van der Waals surface area contributed by atoms with Crippen molar-refractivity contribution in [1.82, 2.24) is 0 Å². The molecule has 0 aliphatic rings. The van der Waals surface area contributed by atoms with E-state index in [1.165, 1.54) is 0 Å². The topological polar surface area (TPSA) is 79.7 Å². The second-order valence-corrected chi connectivity index (χ2v) is 3.30. The number of rotatable bonds is 12. The molecule has 0 heterocycles. The van der Waals surface area contributed by atoms with E-state index in [9.17, 15) is 0 Å². The summed E-state index contributed by atoms with van der Waals surface area (Å²) in [5, 5.41) is 0. The number of ether oxygens (including phenoxy) is 2. The molecule has 0 unspecified atom stereocenters. The van der Waals surface area contributed by atoms with Gasteiger partial charge in [-0.15, -0.1) is 0 Å². The van der Waals surface area contributed by atoms with Gasteiger partial charge in [0.05, 0.1) is 19.8 Å². The zero-order valence-corrected chi connectivity index (χ0v) is 9.45. The van der Waals surface area contributed by atoms with Crippen molar-refractivity contribution in [1.29, 1.82) is 0 Å². The van der Waals surface area contributed by atoms with E-state index in [-0.39, 0.29) is 0 Å². The van der Waals surface area contributed by atoms with Crippen LogP contribution in [0.3, 0.4) is 0 Å². The van der Waals surface area contributed by atoms with Crippen LogP contribution in [0.15, 0.2) is 0 Å². The van der Waals surface area contributed by atoms with E-state index in [0.29, 0.717) is 26.4 Å². The molecular weight excluding hydrogens is 196 g/mol. The Morgan fingerprint density at radius 2 is 1.27 bits per heavy atom. The van der Waals surface area contributed by atoms with Gasteiger partial charge in [-0.05, 0) is 32.2 Å². The lowest BCUT2D eigenvalue weighted by atomic mass is 10.2. The average molecular weight is 220 g/mol. The molecule has 0 aromatic carbocycles. The van der Waals surface area contributed by atoms with Crippen LogP contribution >= 0.6 is 0 Å². The van der Waals surface area contributed by atoms with Gasteiger partial charge in [0, 0.05) is 13.2 Å². The Hall–Kier alpha value is -0.200. The van der Waals surface area contributed by atoms with E-state index in [1.807, 2.05) is 0 Å². The van der Waals surface area contributed by atoms with Crippen molar-refractivity contribution in [2.24, 2.45) is 11.6 Å². The molecule has 0 spiro atoms. The van der Waals surface area contributed by atoms with Crippen LogP contribution in [0.2, 0.25) is 0 Å². The Bertz CT molecular complexity index is 103. The molecule has 0 amide bonds. The highest BCUT2D eigenvalue weighted by Crippen LogP contribution is 1.95. The maximum absolute atomic E-state index is 5.37. The van der Waals surface area contributed by atoms with Crippen molar-refractivity contribution in [3.05, 3.63) is 0 Å². The predicted octanol–water partition coefficient (Wildman–Crippen LogP) is 0.429. The summed E-state index contributed by atoms with van der Waals surface area (Å²) in [6, 6.07) is 0. The van der Waals surface area contributed by atoms with Gasteiger partial charge in [0.2, 0.25) is 0 Å². The molecule has 4 N–H and O–H groups in total. The molecule has 0 aliphatic heterocycles. The first-order valence-corrected chi connectivity index (χ1v) is 5.59. The highest BCUT2D eigenvalue weighted by atomic mass is 16.6. The fourth-order valence-corrected chi connectivity index (χ4v) is 1.07. The lowest BCUT2D eigenvalue weighted by Crippen LogP contribution is -2.09. The normalized spacial score (nSPS) is 10.8. The fraction of sp³-hybridized carbons (Fsp3) is 1.00. The molecule has 0 saturated carbocycles. The summed E-state index contributed by atoms with van der Waals surface area (Å²) in [7, 11) is 0. The standard InChI is InChI=1S/C10H24N2O3/c11-5-4-7-14-10-9-13-6-2-1-3-8-15-12/h1-12H2. The van der Waals surface area contributed by atoms with Gasteiger partial charge < -0.3 is 20.0 Å². The number of nitrogens with two attached hydrogens (primary N) is 2. The van der Waals surface area contributed by atoms with Crippen LogP contribution in [-0.4, -0.2) is 39.6 Å². The smallest absolute Gasteiger partial charge is 0.0700 e. The second kappa shape index (κ2) is 13.8. The Morgan fingerprint density at radius 1 is 0.667 bits per heavy atom. The maximum Gasteiger partial charge on any atom is 0.0700 e. The summed E-state index contributed by atoms with van der Waals surface area (Å²) in [6.45, 7) is 4.15. The van der Waals surface area contributed by atoms with Gasteiger partial charge in [-0.2, -0.15) is 0 Å². The van der Waals surface area contributed by atoms with Crippen molar-refractivity contribution < 1.29 is 14.3 Å². The molecule has 0 atom stereocenters. The zero-order valence-electron chi connectivity index (χ0n) is 9.45. The first-order chi connectivity index (χ1) is 7.41. The molecule has 0 aromatic heterocycles. The first kappa shape index (κ1) is 14.8. The Morgan fingerprint density at radius 3 is 1.87 bits per heavy atom. The quantitative estimate of drug-likeness (QED) is 0.368. The van der Waals surface area contributed by atoms with Gasteiger partial charge >= 0.3 is 0 Å². The molecule has 0 radical (unpaired) electrons. The van der Waals surface area contributed by atoms with Crippen LogP contribution < -0.4 is 11.6 Å². The largest absolute Gasteiger partial charge is 0.379 e. The highest BCUT2D eigenvalue weighted by molar-refractivity contribution is 4.40.